The van der Waals surface area contributed by atoms with Crippen LogP contribution in [0.25, 0.3) is 10.6 Å². The van der Waals surface area contributed by atoms with Gasteiger partial charge in [0.05, 0.1) is 38.0 Å². The van der Waals surface area contributed by atoms with Gasteiger partial charge in [-0.15, -0.1) is 22.7 Å². The Labute approximate surface area is 166 Å². The van der Waals surface area contributed by atoms with Crippen molar-refractivity contribution >= 4 is 43.5 Å². The molecule has 0 radical (unpaired) electrons. The first-order valence-electron chi connectivity index (χ1n) is 8.14. The molecule has 0 fully saturated rings. The number of sulfonamides is 1. The molecule has 2 aromatic heterocycles. The second kappa shape index (κ2) is 7.55. The topological polar surface area (TPSA) is 107 Å². The molecule has 0 amide bonds. The van der Waals surface area contributed by atoms with Crippen LogP contribution in [0.3, 0.4) is 0 Å². The highest BCUT2D eigenvalue weighted by atomic mass is 32.2. The van der Waals surface area contributed by atoms with Crippen molar-refractivity contribution in [3.8, 4) is 16.3 Å². The molecule has 3 aromatic rings. The summed E-state index contributed by atoms with van der Waals surface area (Å²) in [5.74, 6) is 0.527. The summed E-state index contributed by atoms with van der Waals surface area (Å²) in [6.07, 6.45) is -0.0689. The summed E-state index contributed by atoms with van der Waals surface area (Å²) in [6, 6.07) is 4.47. The third-order valence-corrected chi connectivity index (χ3v) is 6.29. The molecule has 27 heavy (non-hydrogen) atoms. The van der Waals surface area contributed by atoms with E-state index < -0.39 is 10.0 Å². The van der Waals surface area contributed by atoms with E-state index in [2.05, 4.69) is 15.3 Å². The minimum absolute atomic E-state index is 0.00631. The Balaban J connectivity index is 1.95. The largest absolute Gasteiger partial charge is 0.489 e. The van der Waals surface area contributed by atoms with Gasteiger partial charge >= 0.3 is 0 Å². The molecular formula is C17H20N4O3S3. The molecule has 0 unspecified atom stereocenters. The molecule has 7 nitrogen and oxygen atoms in total. The standard InChI is InChI=1S/C17H20N4O3S3/c1-9(2)24-15-6-5-12(27(18,22)23)7-13(15)20-17-21-14(8-25-17)16-10(3)19-11(4)26-16/h5-9H,1-4H3,(H,20,21)(H2,18,22,23). The minimum Gasteiger partial charge on any atom is -0.489 e. The summed E-state index contributed by atoms with van der Waals surface area (Å²) in [7, 11) is -3.82. The minimum atomic E-state index is -3.82. The summed E-state index contributed by atoms with van der Waals surface area (Å²) >= 11 is 3.01. The molecule has 10 heteroatoms. The van der Waals surface area contributed by atoms with E-state index in [1.54, 1.807) is 17.4 Å². The monoisotopic (exact) mass is 424 g/mol. The number of aromatic nitrogens is 2. The van der Waals surface area contributed by atoms with E-state index in [-0.39, 0.29) is 11.0 Å². The third kappa shape index (κ3) is 4.64. The Hall–Kier alpha value is -2.01. The van der Waals surface area contributed by atoms with E-state index in [1.165, 1.54) is 23.5 Å². The molecule has 0 saturated carbocycles. The van der Waals surface area contributed by atoms with E-state index in [0.29, 0.717) is 16.6 Å². The van der Waals surface area contributed by atoms with Crippen LogP contribution >= 0.6 is 22.7 Å². The quantitative estimate of drug-likeness (QED) is 0.618. The van der Waals surface area contributed by atoms with Crippen molar-refractivity contribution in [2.75, 3.05) is 5.32 Å². The SMILES string of the molecule is Cc1nc(C)c(-c2csc(Nc3cc(S(N)(=O)=O)ccc3OC(C)C)n2)s1. The summed E-state index contributed by atoms with van der Waals surface area (Å²) in [4.78, 5) is 10.1. The molecule has 0 spiro atoms. The van der Waals surface area contributed by atoms with E-state index in [4.69, 9.17) is 9.88 Å². The molecule has 3 rings (SSSR count). The highest BCUT2D eigenvalue weighted by Gasteiger charge is 2.16. The molecule has 0 atom stereocenters. The predicted octanol–water partition coefficient (Wildman–Crippen LogP) is 4.06. The fourth-order valence-electron chi connectivity index (χ4n) is 2.46. The van der Waals surface area contributed by atoms with E-state index >= 15 is 0 Å². The normalized spacial score (nSPS) is 11.8. The van der Waals surface area contributed by atoms with Crippen LogP contribution in [0.1, 0.15) is 24.5 Å². The fourth-order valence-corrected chi connectivity index (χ4v) is 4.67. The third-order valence-electron chi connectivity index (χ3n) is 3.52. The summed E-state index contributed by atoms with van der Waals surface area (Å²) in [5.41, 5.74) is 2.27. The van der Waals surface area contributed by atoms with Gasteiger partial charge in [-0.2, -0.15) is 0 Å². The highest BCUT2D eigenvalue weighted by molar-refractivity contribution is 7.89. The zero-order valence-electron chi connectivity index (χ0n) is 15.3. The Bertz CT molecular complexity index is 1070. The summed E-state index contributed by atoms with van der Waals surface area (Å²) < 4.78 is 29.2. The molecule has 0 aliphatic heterocycles. The number of nitrogens with zero attached hydrogens (tertiary/aromatic N) is 2. The van der Waals surface area contributed by atoms with Crippen molar-refractivity contribution in [2.45, 2.75) is 38.7 Å². The molecular weight excluding hydrogens is 404 g/mol. The number of hydrogen-bond donors (Lipinski definition) is 2. The molecule has 0 aliphatic rings. The van der Waals surface area contributed by atoms with E-state index in [9.17, 15) is 8.42 Å². The van der Waals surface area contributed by atoms with Gasteiger partial charge in [-0.3, -0.25) is 0 Å². The first-order valence-corrected chi connectivity index (χ1v) is 11.4. The average Bonchev–Trinajstić information content (AvgIpc) is 3.13. The van der Waals surface area contributed by atoms with Crippen molar-refractivity contribution < 1.29 is 13.2 Å². The average molecular weight is 425 g/mol. The number of nitrogens with one attached hydrogen (secondary N) is 1. The van der Waals surface area contributed by atoms with Gasteiger partial charge in [-0.05, 0) is 45.9 Å². The zero-order chi connectivity index (χ0) is 19.8. The lowest BCUT2D eigenvalue weighted by Crippen LogP contribution is -2.13. The van der Waals surface area contributed by atoms with Crippen molar-refractivity contribution in [1.82, 2.24) is 9.97 Å². The summed E-state index contributed by atoms with van der Waals surface area (Å²) in [5, 5.41) is 12.0. The van der Waals surface area contributed by atoms with Crippen LogP contribution in [0.4, 0.5) is 10.8 Å². The lowest BCUT2D eigenvalue weighted by molar-refractivity contribution is 0.243. The van der Waals surface area contributed by atoms with Gasteiger partial charge < -0.3 is 10.1 Å². The van der Waals surface area contributed by atoms with Gasteiger partial charge in [0, 0.05) is 5.38 Å². The maximum Gasteiger partial charge on any atom is 0.238 e. The number of nitrogens with two attached hydrogens (primary N) is 1. The molecule has 0 aliphatic carbocycles. The first-order chi connectivity index (χ1) is 12.6. The van der Waals surface area contributed by atoms with Gasteiger partial charge in [-0.25, -0.2) is 23.5 Å². The van der Waals surface area contributed by atoms with Crippen molar-refractivity contribution in [2.24, 2.45) is 5.14 Å². The number of benzene rings is 1. The number of thiazole rings is 2. The Morgan fingerprint density at radius 1 is 1.22 bits per heavy atom. The molecule has 2 heterocycles. The maximum atomic E-state index is 11.7. The second-order valence-corrected chi connectivity index (χ2v) is 9.80. The fraction of sp³-hybridized carbons (Fsp3) is 0.294. The summed E-state index contributed by atoms with van der Waals surface area (Å²) in [6.45, 7) is 7.71. The van der Waals surface area contributed by atoms with Crippen LogP contribution in [-0.2, 0) is 10.0 Å². The number of hydrogen-bond acceptors (Lipinski definition) is 8. The molecule has 0 bridgehead atoms. The van der Waals surface area contributed by atoms with Crippen LogP contribution in [-0.4, -0.2) is 24.5 Å². The number of aryl methyl sites for hydroxylation is 2. The number of primary sulfonamides is 1. The number of rotatable bonds is 6. The Morgan fingerprint density at radius 2 is 1.96 bits per heavy atom. The van der Waals surface area contributed by atoms with Gasteiger partial charge in [0.15, 0.2) is 5.13 Å². The molecule has 144 valence electrons. The first kappa shape index (κ1) is 19.7. The lowest BCUT2D eigenvalue weighted by atomic mass is 10.3. The lowest BCUT2D eigenvalue weighted by Gasteiger charge is -2.15. The van der Waals surface area contributed by atoms with Crippen LogP contribution in [0.5, 0.6) is 5.75 Å². The van der Waals surface area contributed by atoms with Crippen LogP contribution in [0.2, 0.25) is 0 Å². The molecule has 1 aromatic carbocycles. The number of ether oxygens (including phenoxy) is 1. The van der Waals surface area contributed by atoms with Crippen LogP contribution in [0.15, 0.2) is 28.5 Å². The van der Waals surface area contributed by atoms with Crippen LogP contribution in [0, 0.1) is 13.8 Å². The van der Waals surface area contributed by atoms with E-state index in [0.717, 1.165) is 21.3 Å². The van der Waals surface area contributed by atoms with Gasteiger partial charge in [-0.1, -0.05) is 0 Å². The van der Waals surface area contributed by atoms with E-state index in [1.807, 2.05) is 33.1 Å². The molecule has 3 N–H and O–H groups in total. The highest BCUT2D eigenvalue weighted by Crippen LogP contribution is 2.35. The van der Waals surface area contributed by atoms with Gasteiger partial charge in [0.25, 0.3) is 0 Å². The maximum absolute atomic E-state index is 11.7. The van der Waals surface area contributed by atoms with Crippen molar-refractivity contribution in [3.05, 3.63) is 34.3 Å². The second-order valence-electron chi connectivity index (χ2n) is 6.18. The smallest absolute Gasteiger partial charge is 0.238 e. The van der Waals surface area contributed by atoms with Crippen LogP contribution < -0.4 is 15.2 Å². The Kier molecular flexibility index (Phi) is 5.52. The van der Waals surface area contributed by atoms with Gasteiger partial charge in [0.2, 0.25) is 10.0 Å². The predicted molar refractivity (Wildman–Crippen MR) is 110 cm³/mol. The molecule has 0 saturated heterocycles. The Morgan fingerprint density at radius 3 is 2.56 bits per heavy atom. The van der Waals surface area contributed by atoms with Crippen molar-refractivity contribution in [1.29, 1.82) is 0 Å². The van der Waals surface area contributed by atoms with Crippen molar-refractivity contribution in [3.63, 3.8) is 0 Å². The van der Waals surface area contributed by atoms with Gasteiger partial charge in [0.1, 0.15) is 5.75 Å². The number of anilines is 2. The zero-order valence-corrected chi connectivity index (χ0v) is 17.8.